The summed E-state index contributed by atoms with van der Waals surface area (Å²) in [5.41, 5.74) is -1.67. The van der Waals surface area contributed by atoms with Gasteiger partial charge < -0.3 is 14.6 Å². The molecule has 0 heterocycles. The summed E-state index contributed by atoms with van der Waals surface area (Å²) >= 11 is 0. The van der Waals surface area contributed by atoms with Crippen LogP contribution in [0, 0.1) is 5.92 Å². The van der Waals surface area contributed by atoms with Crippen molar-refractivity contribution in [1.82, 2.24) is 0 Å². The van der Waals surface area contributed by atoms with E-state index in [0.717, 1.165) is 12.8 Å². The van der Waals surface area contributed by atoms with Crippen molar-refractivity contribution in [3.63, 3.8) is 0 Å². The lowest BCUT2D eigenvalue weighted by Crippen LogP contribution is -2.46. The van der Waals surface area contributed by atoms with Gasteiger partial charge in [0, 0.05) is 0 Å². The smallest absolute Gasteiger partial charge is 0.338 e. The number of aldehydes is 1. The maximum absolute atomic E-state index is 11.5. The monoisotopic (exact) mass is 216 g/mol. The third-order valence-electron chi connectivity index (χ3n) is 2.58. The molecule has 0 spiro atoms. The molecule has 0 aliphatic heterocycles. The summed E-state index contributed by atoms with van der Waals surface area (Å²) in [7, 11) is 0. The summed E-state index contributed by atoms with van der Waals surface area (Å²) in [5, 5.41) is 9.95. The van der Waals surface area contributed by atoms with Crippen molar-refractivity contribution in [2.75, 3.05) is 6.61 Å². The molecule has 15 heavy (non-hydrogen) atoms. The molecule has 0 aromatic carbocycles. The Morgan fingerprint density at radius 1 is 1.53 bits per heavy atom. The lowest BCUT2D eigenvalue weighted by Gasteiger charge is -2.27. The van der Waals surface area contributed by atoms with Crippen LogP contribution in [0.1, 0.15) is 40.0 Å². The number of hydrogen-bond donors (Lipinski definition) is 1. The van der Waals surface area contributed by atoms with Crippen LogP contribution in [0.5, 0.6) is 0 Å². The van der Waals surface area contributed by atoms with Crippen molar-refractivity contribution in [1.29, 1.82) is 0 Å². The number of rotatable bonds is 7. The molecule has 4 nitrogen and oxygen atoms in total. The molecule has 0 saturated heterocycles. The molecule has 0 aromatic heterocycles. The molecule has 0 aliphatic carbocycles. The summed E-state index contributed by atoms with van der Waals surface area (Å²) in [6, 6.07) is 0. The van der Waals surface area contributed by atoms with E-state index in [0.29, 0.717) is 12.9 Å². The lowest BCUT2D eigenvalue weighted by molar-refractivity contribution is -0.172. The van der Waals surface area contributed by atoms with Gasteiger partial charge in [0.1, 0.15) is 6.29 Å². The van der Waals surface area contributed by atoms with E-state index in [2.05, 4.69) is 0 Å². The predicted octanol–water partition coefficient (Wildman–Crippen LogP) is 1.31. The average molecular weight is 216 g/mol. The van der Waals surface area contributed by atoms with E-state index in [4.69, 9.17) is 4.74 Å². The molecule has 1 N–H and O–H groups in total. The molecule has 0 saturated carbocycles. The first-order chi connectivity index (χ1) is 7.02. The topological polar surface area (TPSA) is 63.6 Å². The minimum Gasteiger partial charge on any atom is -0.464 e. The minimum absolute atomic E-state index is 0.178. The highest BCUT2D eigenvalue weighted by molar-refractivity contribution is 5.83. The molecule has 0 amide bonds. The highest BCUT2D eigenvalue weighted by Crippen LogP contribution is 2.21. The van der Waals surface area contributed by atoms with E-state index >= 15 is 0 Å². The fourth-order valence-corrected chi connectivity index (χ4v) is 1.20. The van der Waals surface area contributed by atoms with E-state index in [1.54, 1.807) is 6.92 Å². The second kappa shape index (κ2) is 6.56. The molecule has 0 rings (SSSR count). The Morgan fingerprint density at radius 2 is 2.13 bits per heavy atom. The number of esters is 1. The van der Waals surface area contributed by atoms with Gasteiger partial charge in [-0.15, -0.1) is 0 Å². The molecular formula is C11H20O4. The van der Waals surface area contributed by atoms with Gasteiger partial charge in [-0.25, -0.2) is 4.79 Å². The average Bonchev–Trinajstić information content (AvgIpc) is 2.26. The molecule has 0 aromatic rings. The standard InChI is InChI=1S/C11H20O4/c1-4-6-7-15-10(13)11(14,5-2)9(3)8-12/h8-9,14H,4-7H2,1-3H3. The summed E-state index contributed by atoms with van der Waals surface area (Å²) in [6.45, 7) is 5.44. The number of carbonyl (C=O) groups excluding carboxylic acids is 2. The Balaban J connectivity index is 4.37. The third kappa shape index (κ3) is 3.63. The quantitative estimate of drug-likeness (QED) is 0.396. The molecule has 0 aliphatic rings. The molecule has 0 radical (unpaired) electrons. The van der Waals surface area contributed by atoms with Gasteiger partial charge >= 0.3 is 5.97 Å². The first-order valence-electron chi connectivity index (χ1n) is 5.37. The SMILES string of the molecule is CCCCOC(=O)C(O)(CC)C(C)C=O. The Labute approximate surface area is 90.6 Å². The number of ether oxygens (including phenoxy) is 1. The largest absolute Gasteiger partial charge is 0.464 e. The summed E-state index contributed by atoms with van der Waals surface area (Å²) < 4.78 is 4.91. The molecule has 0 bridgehead atoms. The van der Waals surface area contributed by atoms with Crippen molar-refractivity contribution in [3.8, 4) is 0 Å². The molecule has 2 unspecified atom stereocenters. The van der Waals surface area contributed by atoms with Gasteiger partial charge in [-0.2, -0.15) is 0 Å². The van der Waals surface area contributed by atoms with Crippen molar-refractivity contribution < 1.29 is 19.4 Å². The normalized spacial score (nSPS) is 16.5. The zero-order valence-electron chi connectivity index (χ0n) is 9.66. The van der Waals surface area contributed by atoms with Crippen LogP contribution in [-0.4, -0.2) is 29.6 Å². The van der Waals surface area contributed by atoms with E-state index in [1.165, 1.54) is 6.92 Å². The van der Waals surface area contributed by atoms with Crippen LogP contribution < -0.4 is 0 Å². The lowest BCUT2D eigenvalue weighted by atomic mass is 9.87. The van der Waals surface area contributed by atoms with Crippen LogP contribution >= 0.6 is 0 Å². The van der Waals surface area contributed by atoms with Gasteiger partial charge in [0.05, 0.1) is 12.5 Å². The molecule has 4 heteroatoms. The number of unbranched alkanes of at least 4 members (excludes halogenated alkanes) is 1. The van der Waals surface area contributed by atoms with Gasteiger partial charge in [-0.3, -0.25) is 0 Å². The first-order valence-corrected chi connectivity index (χ1v) is 5.37. The van der Waals surface area contributed by atoms with Crippen LogP contribution in [0.2, 0.25) is 0 Å². The minimum atomic E-state index is -1.67. The zero-order valence-corrected chi connectivity index (χ0v) is 9.66. The second-order valence-electron chi connectivity index (χ2n) is 3.69. The Kier molecular flexibility index (Phi) is 6.17. The van der Waals surface area contributed by atoms with Gasteiger partial charge in [0.15, 0.2) is 5.60 Å². The highest BCUT2D eigenvalue weighted by atomic mass is 16.5. The van der Waals surface area contributed by atoms with Gasteiger partial charge in [-0.05, 0) is 12.8 Å². The molecule has 0 fully saturated rings. The maximum Gasteiger partial charge on any atom is 0.338 e. The van der Waals surface area contributed by atoms with Crippen molar-refractivity contribution in [2.24, 2.45) is 5.92 Å². The third-order valence-corrected chi connectivity index (χ3v) is 2.58. The number of carbonyl (C=O) groups is 2. The van der Waals surface area contributed by atoms with Crippen molar-refractivity contribution in [3.05, 3.63) is 0 Å². The first kappa shape index (κ1) is 14.1. The fraction of sp³-hybridized carbons (Fsp3) is 0.818. The van der Waals surface area contributed by atoms with Gasteiger partial charge in [-0.1, -0.05) is 27.2 Å². The van der Waals surface area contributed by atoms with Crippen LogP contribution in [0.25, 0.3) is 0 Å². The predicted molar refractivity (Wildman–Crippen MR) is 56.3 cm³/mol. The maximum atomic E-state index is 11.5. The Morgan fingerprint density at radius 3 is 2.53 bits per heavy atom. The molecular weight excluding hydrogens is 196 g/mol. The van der Waals surface area contributed by atoms with Crippen molar-refractivity contribution in [2.45, 2.75) is 45.6 Å². The highest BCUT2D eigenvalue weighted by Gasteiger charge is 2.41. The van der Waals surface area contributed by atoms with Crippen LogP contribution in [-0.2, 0) is 14.3 Å². The van der Waals surface area contributed by atoms with Crippen molar-refractivity contribution >= 4 is 12.3 Å². The van der Waals surface area contributed by atoms with E-state index < -0.39 is 17.5 Å². The number of hydrogen-bond acceptors (Lipinski definition) is 4. The van der Waals surface area contributed by atoms with E-state index in [9.17, 15) is 14.7 Å². The summed E-state index contributed by atoms with van der Waals surface area (Å²) in [4.78, 5) is 22.1. The Hall–Kier alpha value is -0.900. The van der Waals surface area contributed by atoms with Gasteiger partial charge in [0.25, 0.3) is 0 Å². The van der Waals surface area contributed by atoms with Crippen LogP contribution in [0.3, 0.4) is 0 Å². The fourth-order valence-electron chi connectivity index (χ4n) is 1.20. The molecule has 2 atom stereocenters. The van der Waals surface area contributed by atoms with Crippen LogP contribution in [0.4, 0.5) is 0 Å². The second-order valence-corrected chi connectivity index (χ2v) is 3.69. The van der Waals surface area contributed by atoms with E-state index in [-0.39, 0.29) is 6.42 Å². The van der Waals surface area contributed by atoms with E-state index in [1.807, 2.05) is 6.92 Å². The zero-order chi connectivity index (χ0) is 11.9. The van der Waals surface area contributed by atoms with Gasteiger partial charge in [0.2, 0.25) is 0 Å². The van der Waals surface area contributed by atoms with Crippen LogP contribution in [0.15, 0.2) is 0 Å². The number of aliphatic hydroxyl groups is 1. The summed E-state index contributed by atoms with van der Waals surface area (Å²) in [5.74, 6) is -1.44. The molecule has 88 valence electrons. The summed E-state index contributed by atoms with van der Waals surface area (Å²) in [6.07, 6.45) is 2.44. The Bertz CT molecular complexity index is 215.